The molecule has 0 N–H and O–H groups in total. The fraction of sp³-hybridized carbons (Fsp3) is 0.160. The molecular weight excluding hydrogens is 661 g/mol. The second kappa shape index (κ2) is 13.7. The average Bonchev–Trinajstić information content (AvgIpc) is 3.61. The molecule has 0 fully saturated rings. The van der Waals surface area contributed by atoms with Crippen molar-refractivity contribution in [3.8, 4) is 11.1 Å². The summed E-state index contributed by atoms with van der Waals surface area (Å²) < 4.78 is 2.69. The minimum absolute atomic E-state index is 1.10. The molecule has 258 valence electrons. The van der Waals surface area contributed by atoms with Gasteiger partial charge in [0.25, 0.3) is 0 Å². The zero-order chi connectivity index (χ0) is 35.1. The molecule has 0 atom stereocenters. The highest BCUT2D eigenvalue weighted by Crippen LogP contribution is 2.52. The van der Waals surface area contributed by atoms with Crippen LogP contribution in [0.1, 0.15) is 47.9 Å². The lowest BCUT2D eigenvalue weighted by molar-refractivity contribution is 0.659. The monoisotopic (exact) mass is 702 g/mol. The third-order valence-electron chi connectivity index (χ3n) is 11.4. The topological polar surface area (TPSA) is 6.48 Å². The van der Waals surface area contributed by atoms with Crippen molar-refractivity contribution in [1.29, 1.82) is 0 Å². The van der Waals surface area contributed by atoms with Crippen molar-refractivity contribution in [2.24, 2.45) is 0 Å². The quantitative estimate of drug-likeness (QED) is 0.153. The molecule has 8 aromatic rings. The molecular formula is C50H42N2S. The van der Waals surface area contributed by atoms with Crippen LogP contribution in [0.5, 0.6) is 0 Å². The number of nitrogens with zero attached hydrogens (tertiary/aromatic N) is 2. The standard InChI is InChI=1S/C50H42N2S/c1-4-16-37(17-5-1)51(38-18-6-2-7-19-38)49-42-23-10-12-25-44(42)50(45-26-13-11-24-43(45)49)52(39-20-8-3-9-21-39)40-31-28-35(29-32-40)36-30-33-48-46(34-36)41-22-14-15-27-47(41)53-48/h1-9,14-22,27-34H,10-13,23-26H2. The number of benzene rings is 7. The largest absolute Gasteiger partial charge is 0.310 e. The molecule has 0 bridgehead atoms. The van der Waals surface area contributed by atoms with Crippen molar-refractivity contribution in [1.82, 2.24) is 0 Å². The average molecular weight is 703 g/mol. The van der Waals surface area contributed by atoms with Gasteiger partial charge < -0.3 is 9.80 Å². The van der Waals surface area contributed by atoms with Gasteiger partial charge in [-0.05, 0) is 151 Å². The van der Waals surface area contributed by atoms with Gasteiger partial charge in [0.2, 0.25) is 0 Å². The van der Waals surface area contributed by atoms with E-state index in [0.717, 1.165) is 25.7 Å². The maximum atomic E-state index is 2.60. The number of rotatable bonds is 7. The molecule has 0 spiro atoms. The van der Waals surface area contributed by atoms with Gasteiger partial charge in [0.1, 0.15) is 0 Å². The molecule has 7 aromatic carbocycles. The third-order valence-corrected chi connectivity index (χ3v) is 12.6. The van der Waals surface area contributed by atoms with Crippen LogP contribution in [0, 0.1) is 0 Å². The van der Waals surface area contributed by atoms with Gasteiger partial charge in [-0.2, -0.15) is 0 Å². The van der Waals surface area contributed by atoms with E-state index < -0.39 is 0 Å². The van der Waals surface area contributed by atoms with E-state index in [1.807, 2.05) is 11.3 Å². The summed E-state index contributed by atoms with van der Waals surface area (Å²) in [5.74, 6) is 0. The van der Waals surface area contributed by atoms with Crippen molar-refractivity contribution >= 4 is 65.6 Å². The van der Waals surface area contributed by atoms with Crippen LogP contribution in [0.2, 0.25) is 0 Å². The fourth-order valence-corrected chi connectivity index (χ4v) is 10.1. The molecule has 1 heterocycles. The first kappa shape index (κ1) is 32.0. The highest BCUT2D eigenvalue weighted by atomic mass is 32.1. The van der Waals surface area contributed by atoms with Crippen LogP contribution in [0.3, 0.4) is 0 Å². The van der Waals surface area contributed by atoms with E-state index in [-0.39, 0.29) is 0 Å². The van der Waals surface area contributed by atoms with Crippen LogP contribution in [0.15, 0.2) is 158 Å². The number of fused-ring (bicyclic) bond motifs is 5. The second-order valence-electron chi connectivity index (χ2n) is 14.6. The maximum Gasteiger partial charge on any atom is 0.0532 e. The van der Waals surface area contributed by atoms with Crippen LogP contribution in [-0.2, 0) is 25.7 Å². The predicted molar refractivity (Wildman–Crippen MR) is 227 cm³/mol. The maximum absolute atomic E-state index is 2.60. The molecule has 10 rings (SSSR count). The van der Waals surface area contributed by atoms with Crippen molar-refractivity contribution in [3.63, 3.8) is 0 Å². The van der Waals surface area contributed by atoms with E-state index in [4.69, 9.17) is 0 Å². The Bertz CT molecular complexity index is 2480. The minimum atomic E-state index is 1.10. The normalized spacial score (nSPS) is 13.8. The van der Waals surface area contributed by atoms with Crippen LogP contribution in [-0.4, -0.2) is 0 Å². The Labute approximate surface area is 316 Å². The Kier molecular flexibility index (Phi) is 8.30. The van der Waals surface area contributed by atoms with Crippen LogP contribution in [0.4, 0.5) is 34.1 Å². The summed E-state index contributed by atoms with van der Waals surface area (Å²) in [5, 5.41) is 2.69. The van der Waals surface area contributed by atoms with E-state index in [9.17, 15) is 0 Å². The highest BCUT2D eigenvalue weighted by molar-refractivity contribution is 7.25. The fourth-order valence-electron chi connectivity index (χ4n) is 9.01. The molecule has 0 amide bonds. The molecule has 0 saturated carbocycles. The predicted octanol–water partition coefficient (Wildman–Crippen LogP) is 14.4. The highest BCUT2D eigenvalue weighted by Gasteiger charge is 2.33. The van der Waals surface area contributed by atoms with Crippen LogP contribution >= 0.6 is 11.3 Å². The van der Waals surface area contributed by atoms with Gasteiger partial charge in [-0.1, -0.05) is 91.0 Å². The molecule has 0 aliphatic heterocycles. The Balaban J connectivity index is 1.16. The summed E-state index contributed by atoms with van der Waals surface area (Å²) in [6, 6.07) is 58.3. The summed E-state index contributed by atoms with van der Waals surface area (Å²) in [5.41, 5.74) is 16.4. The molecule has 1 aromatic heterocycles. The van der Waals surface area contributed by atoms with E-state index in [1.165, 1.54) is 113 Å². The van der Waals surface area contributed by atoms with Gasteiger partial charge in [0, 0.05) is 42.9 Å². The third kappa shape index (κ3) is 5.71. The van der Waals surface area contributed by atoms with E-state index >= 15 is 0 Å². The molecule has 0 unspecified atom stereocenters. The summed E-state index contributed by atoms with van der Waals surface area (Å²) in [4.78, 5) is 5.18. The molecule has 3 heteroatoms. The number of anilines is 6. The number of hydrogen-bond acceptors (Lipinski definition) is 3. The first-order valence-electron chi connectivity index (χ1n) is 19.3. The molecule has 0 saturated heterocycles. The second-order valence-corrected chi connectivity index (χ2v) is 15.6. The van der Waals surface area contributed by atoms with Crippen molar-refractivity contribution in [3.05, 3.63) is 180 Å². The van der Waals surface area contributed by atoms with Gasteiger partial charge in [-0.3, -0.25) is 0 Å². The Hall–Kier alpha value is -5.64. The first-order chi connectivity index (χ1) is 26.3. The van der Waals surface area contributed by atoms with E-state index in [0.29, 0.717) is 0 Å². The van der Waals surface area contributed by atoms with Gasteiger partial charge in [0.15, 0.2) is 0 Å². The van der Waals surface area contributed by atoms with Gasteiger partial charge in [0.05, 0.1) is 11.4 Å². The van der Waals surface area contributed by atoms with Crippen molar-refractivity contribution in [2.75, 3.05) is 9.80 Å². The number of hydrogen-bond donors (Lipinski definition) is 0. The lowest BCUT2D eigenvalue weighted by atomic mass is 9.78. The zero-order valence-electron chi connectivity index (χ0n) is 30.0. The smallest absolute Gasteiger partial charge is 0.0532 e. The summed E-state index contributed by atoms with van der Waals surface area (Å²) in [6.07, 6.45) is 9.27. The summed E-state index contributed by atoms with van der Waals surface area (Å²) >= 11 is 1.88. The molecule has 0 radical (unpaired) electrons. The zero-order valence-corrected chi connectivity index (χ0v) is 30.8. The van der Waals surface area contributed by atoms with Crippen LogP contribution in [0.25, 0.3) is 31.3 Å². The number of para-hydroxylation sites is 3. The molecule has 2 aliphatic carbocycles. The van der Waals surface area contributed by atoms with Gasteiger partial charge in [-0.25, -0.2) is 0 Å². The van der Waals surface area contributed by atoms with E-state index in [1.54, 1.807) is 0 Å². The van der Waals surface area contributed by atoms with Gasteiger partial charge >= 0.3 is 0 Å². The van der Waals surface area contributed by atoms with Gasteiger partial charge in [-0.15, -0.1) is 11.3 Å². The van der Waals surface area contributed by atoms with E-state index in [2.05, 4.69) is 168 Å². The van der Waals surface area contributed by atoms with Crippen molar-refractivity contribution < 1.29 is 0 Å². The number of thiophene rings is 1. The molecule has 2 aliphatic rings. The summed E-state index contributed by atoms with van der Waals surface area (Å²) in [6.45, 7) is 0. The Morgan fingerprint density at radius 1 is 0.340 bits per heavy atom. The lowest BCUT2D eigenvalue weighted by Gasteiger charge is -2.40. The van der Waals surface area contributed by atoms with Crippen molar-refractivity contribution in [2.45, 2.75) is 51.4 Å². The lowest BCUT2D eigenvalue weighted by Crippen LogP contribution is -2.25. The minimum Gasteiger partial charge on any atom is -0.310 e. The Morgan fingerprint density at radius 3 is 1.23 bits per heavy atom. The SMILES string of the molecule is c1ccc(N(c2ccccc2)c2c3c(c(N(c4ccccc4)c4ccc(-c5ccc6sc7ccccc7c6c5)cc4)c4c2CCCC4)CCCC3)cc1. The Morgan fingerprint density at radius 2 is 0.736 bits per heavy atom. The molecule has 53 heavy (non-hydrogen) atoms. The first-order valence-corrected chi connectivity index (χ1v) is 20.1. The van der Waals surface area contributed by atoms with Crippen LogP contribution < -0.4 is 9.80 Å². The summed E-state index contributed by atoms with van der Waals surface area (Å²) in [7, 11) is 0. The molecule has 2 nitrogen and oxygen atoms in total.